The number of aliphatic carboxylic acids is 1. The maximum absolute atomic E-state index is 13.7. The number of nitrogens with zero attached hydrogens (tertiary/aromatic N) is 2. The average Bonchev–Trinajstić information content (AvgIpc) is 3.66. The highest BCUT2D eigenvalue weighted by Gasteiger charge is 2.33. The fourth-order valence-corrected chi connectivity index (χ4v) is 4.71. The van der Waals surface area contributed by atoms with Crippen LogP contribution in [0.25, 0.3) is 10.9 Å². The first-order valence-corrected chi connectivity index (χ1v) is 14.5. The molecule has 44 heavy (non-hydrogen) atoms. The number of guanidine groups is 1. The molecule has 0 aliphatic heterocycles. The van der Waals surface area contributed by atoms with Gasteiger partial charge in [0.2, 0.25) is 17.7 Å². The van der Waals surface area contributed by atoms with E-state index in [4.69, 9.17) is 17.2 Å². The Morgan fingerprint density at radius 2 is 1.73 bits per heavy atom. The predicted octanol–water partition coefficient (Wildman–Crippen LogP) is -0.358. The fourth-order valence-electron chi connectivity index (χ4n) is 4.71. The van der Waals surface area contributed by atoms with Crippen molar-refractivity contribution in [2.24, 2.45) is 28.1 Å². The summed E-state index contributed by atoms with van der Waals surface area (Å²) in [4.78, 5) is 66.1. The van der Waals surface area contributed by atoms with Gasteiger partial charge in [-0.1, -0.05) is 38.5 Å². The van der Waals surface area contributed by atoms with Crippen LogP contribution in [0.2, 0.25) is 0 Å². The van der Waals surface area contributed by atoms with E-state index in [0.29, 0.717) is 18.5 Å². The summed E-state index contributed by atoms with van der Waals surface area (Å²) in [6, 6.07) is 3.11. The zero-order valence-corrected chi connectivity index (χ0v) is 24.9. The van der Waals surface area contributed by atoms with E-state index in [-0.39, 0.29) is 37.7 Å². The molecular weight excluding hydrogens is 568 g/mol. The molecule has 0 fully saturated rings. The zero-order valence-electron chi connectivity index (χ0n) is 24.9. The summed E-state index contributed by atoms with van der Waals surface area (Å²) in [6.07, 6.45) is 5.93. The van der Waals surface area contributed by atoms with Crippen LogP contribution < -0.4 is 33.2 Å². The molecule has 12 N–H and O–H groups in total. The first-order chi connectivity index (χ1) is 21.0. The Hall–Kier alpha value is -4.92. The van der Waals surface area contributed by atoms with Gasteiger partial charge in [-0.2, -0.15) is 0 Å². The quantitative estimate of drug-likeness (QED) is 0.0548. The van der Waals surface area contributed by atoms with Crippen LogP contribution >= 0.6 is 0 Å². The maximum atomic E-state index is 13.7. The number of nitrogens with two attached hydrogens (primary N) is 3. The van der Waals surface area contributed by atoms with E-state index < -0.39 is 47.9 Å². The molecule has 2 aromatic heterocycles. The molecule has 15 heteroatoms. The van der Waals surface area contributed by atoms with Crippen LogP contribution in [0.15, 0.2) is 48.0 Å². The molecule has 0 radical (unpaired) electrons. The second-order valence-electron chi connectivity index (χ2n) is 10.7. The van der Waals surface area contributed by atoms with Crippen LogP contribution in [0.5, 0.6) is 0 Å². The Kier molecular flexibility index (Phi) is 12.3. The molecule has 0 saturated carbocycles. The number of aliphatic imine (C=N–C) groups is 1. The van der Waals surface area contributed by atoms with E-state index in [9.17, 15) is 24.3 Å². The van der Waals surface area contributed by atoms with E-state index in [2.05, 4.69) is 35.9 Å². The number of benzene rings is 1. The van der Waals surface area contributed by atoms with Crippen LogP contribution in [0, 0.1) is 5.92 Å². The second-order valence-corrected chi connectivity index (χ2v) is 10.7. The molecule has 0 saturated heterocycles. The molecule has 0 aliphatic rings. The van der Waals surface area contributed by atoms with Gasteiger partial charge in [0.05, 0.1) is 12.4 Å². The number of hydrogen-bond donors (Lipinski definition) is 9. The number of carboxylic acids is 1. The van der Waals surface area contributed by atoms with E-state index in [1.807, 2.05) is 31.2 Å². The number of amides is 3. The van der Waals surface area contributed by atoms with E-state index in [0.717, 1.165) is 16.5 Å². The lowest BCUT2D eigenvalue weighted by molar-refractivity contribution is -0.142. The number of H-pyrrole nitrogens is 2. The van der Waals surface area contributed by atoms with Gasteiger partial charge in [0.15, 0.2) is 5.96 Å². The Morgan fingerprint density at radius 1 is 1.00 bits per heavy atom. The van der Waals surface area contributed by atoms with Crippen molar-refractivity contribution >= 4 is 40.6 Å². The smallest absolute Gasteiger partial charge is 0.326 e. The van der Waals surface area contributed by atoms with Gasteiger partial charge in [-0.25, -0.2) is 9.78 Å². The number of hydrogen-bond acceptors (Lipinski definition) is 7. The van der Waals surface area contributed by atoms with Gasteiger partial charge in [-0.3, -0.25) is 19.4 Å². The highest BCUT2D eigenvalue weighted by Crippen LogP contribution is 2.20. The topological polar surface area (TPSA) is 259 Å². The SMILES string of the molecule is CCC(C)C(NC(=O)C(N)Cc1cnc[nH]1)C(=O)NC(Cc1c[nH]c2ccccc12)C(=O)NC(CCCN=C(N)N)C(=O)O. The molecule has 3 aromatic rings. The fraction of sp³-hybridized carbons (Fsp3) is 0.448. The third kappa shape index (κ3) is 9.55. The Morgan fingerprint density at radius 3 is 2.39 bits per heavy atom. The third-order valence-electron chi connectivity index (χ3n) is 7.42. The first-order valence-electron chi connectivity index (χ1n) is 14.5. The number of aromatic nitrogens is 3. The van der Waals surface area contributed by atoms with Gasteiger partial charge in [-0.05, 0) is 30.4 Å². The zero-order chi connectivity index (χ0) is 32.2. The summed E-state index contributed by atoms with van der Waals surface area (Å²) in [5.74, 6) is -3.49. The lowest BCUT2D eigenvalue weighted by atomic mass is 9.96. The number of carboxylic acid groups (broad SMARTS) is 1. The summed E-state index contributed by atoms with van der Waals surface area (Å²) < 4.78 is 0. The minimum Gasteiger partial charge on any atom is -0.480 e. The summed E-state index contributed by atoms with van der Waals surface area (Å²) in [7, 11) is 0. The van der Waals surface area contributed by atoms with Crippen molar-refractivity contribution in [3.05, 3.63) is 54.2 Å². The van der Waals surface area contributed by atoms with Crippen molar-refractivity contribution in [2.45, 2.75) is 70.1 Å². The molecule has 3 amide bonds. The molecule has 3 rings (SSSR count). The number of carbonyl (C=O) groups is 4. The average molecular weight is 611 g/mol. The highest BCUT2D eigenvalue weighted by molar-refractivity contribution is 5.95. The number of aromatic amines is 2. The standard InChI is InChI=1S/C29H42N10O5/c1-3-16(2)24(39-25(40)20(30)12-18-14-33-15-36-18)27(42)38-23(11-17-13-35-21-8-5-4-7-19(17)21)26(41)37-22(28(43)44)9-6-10-34-29(31)32/h4-5,7-8,13-16,20,22-24,35H,3,6,9-12,30H2,1-2H3,(H,33,36)(H,37,41)(H,38,42)(H,39,40)(H,43,44)(H4,31,32,34). The maximum Gasteiger partial charge on any atom is 0.326 e. The van der Waals surface area contributed by atoms with Gasteiger partial charge in [0.25, 0.3) is 0 Å². The number of imidazole rings is 1. The van der Waals surface area contributed by atoms with Crippen molar-refractivity contribution in [1.82, 2.24) is 30.9 Å². The minimum absolute atomic E-state index is 0.0580. The van der Waals surface area contributed by atoms with Crippen molar-refractivity contribution < 1.29 is 24.3 Å². The van der Waals surface area contributed by atoms with Crippen LogP contribution in [-0.4, -0.2) is 80.4 Å². The molecule has 0 spiro atoms. The minimum atomic E-state index is -1.25. The lowest BCUT2D eigenvalue weighted by Crippen LogP contribution is -2.59. The second kappa shape index (κ2) is 16.1. The largest absolute Gasteiger partial charge is 0.480 e. The molecule has 5 unspecified atom stereocenters. The molecule has 15 nitrogen and oxygen atoms in total. The van der Waals surface area contributed by atoms with E-state index >= 15 is 0 Å². The summed E-state index contributed by atoms with van der Waals surface area (Å²) in [5.41, 5.74) is 19.0. The Labute approximate surface area is 254 Å². The molecule has 0 aliphatic carbocycles. The van der Waals surface area contributed by atoms with Gasteiger partial charge in [0.1, 0.15) is 18.1 Å². The first kappa shape index (κ1) is 33.6. The monoisotopic (exact) mass is 610 g/mol. The van der Waals surface area contributed by atoms with E-state index in [1.54, 1.807) is 19.3 Å². The number of para-hydroxylation sites is 1. The van der Waals surface area contributed by atoms with Crippen molar-refractivity contribution in [3.8, 4) is 0 Å². The normalized spacial score (nSPS) is 14.5. The van der Waals surface area contributed by atoms with E-state index in [1.165, 1.54) is 6.33 Å². The lowest BCUT2D eigenvalue weighted by Gasteiger charge is -2.28. The third-order valence-corrected chi connectivity index (χ3v) is 7.42. The number of nitrogens with one attached hydrogen (secondary N) is 5. The molecule has 1 aromatic carbocycles. The highest BCUT2D eigenvalue weighted by atomic mass is 16.4. The molecule has 238 valence electrons. The van der Waals surface area contributed by atoms with Crippen molar-refractivity contribution in [1.29, 1.82) is 0 Å². The van der Waals surface area contributed by atoms with Crippen LogP contribution in [0.1, 0.15) is 44.4 Å². The van der Waals surface area contributed by atoms with Crippen LogP contribution in [0.3, 0.4) is 0 Å². The molecule has 2 heterocycles. The predicted molar refractivity (Wildman–Crippen MR) is 165 cm³/mol. The van der Waals surface area contributed by atoms with Gasteiger partial charge >= 0.3 is 5.97 Å². The summed E-state index contributed by atoms with van der Waals surface area (Å²) in [6.45, 7) is 3.87. The molecular formula is C29H42N10O5. The summed E-state index contributed by atoms with van der Waals surface area (Å²) >= 11 is 0. The number of rotatable bonds is 17. The Bertz CT molecular complexity index is 1430. The van der Waals surface area contributed by atoms with Gasteiger partial charge in [0, 0.05) is 48.4 Å². The van der Waals surface area contributed by atoms with Crippen molar-refractivity contribution in [3.63, 3.8) is 0 Å². The number of fused-ring (bicyclic) bond motifs is 1. The van der Waals surface area contributed by atoms with Gasteiger partial charge < -0.3 is 48.2 Å². The Balaban J connectivity index is 1.81. The summed E-state index contributed by atoms with van der Waals surface area (Å²) in [5, 5.41) is 18.7. The number of carbonyl (C=O) groups excluding carboxylic acids is 3. The van der Waals surface area contributed by atoms with Crippen molar-refractivity contribution in [2.75, 3.05) is 6.54 Å². The van der Waals surface area contributed by atoms with Crippen LogP contribution in [-0.2, 0) is 32.0 Å². The van der Waals surface area contributed by atoms with Crippen LogP contribution in [0.4, 0.5) is 0 Å². The molecule has 5 atom stereocenters. The molecule has 0 bridgehead atoms. The van der Waals surface area contributed by atoms with Gasteiger partial charge in [-0.15, -0.1) is 0 Å².